The number of hydrogen-bond donors (Lipinski definition) is 1. The van der Waals surface area contributed by atoms with Gasteiger partial charge in [0.2, 0.25) is 0 Å². The van der Waals surface area contributed by atoms with Crippen LogP contribution in [0.4, 0.5) is 5.69 Å². The number of nitrogens with one attached hydrogen (secondary N) is 1. The second-order valence-corrected chi connectivity index (χ2v) is 11.0. The molecule has 0 saturated heterocycles. The number of hydrogen-bond acceptors (Lipinski definition) is 4. The van der Waals surface area contributed by atoms with Gasteiger partial charge in [0.05, 0.1) is 12.1 Å². The Morgan fingerprint density at radius 1 is 1.33 bits per heavy atom. The van der Waals surface area contributed by atoms with Crippen LogP contribution < -0.4 is 5.32 Å². The minimum atomic E-state index is -0.674. The molecule has 0 spiro atoms. The fourth-order valence-corrected chi connectivity index (χ4v) is 3.02. The first-order chi connectivity index (χ1) is 9.74. The van der Waals surface area contributed by atoms with Crippen molar-refractivity contribution in [2.24, 2.45) is 0 Å². The number of aromatic nitrogens is 4. The molecule has 0 radical (unpaired) electrons. The van der Waals surface area contributed by atoms with Gasteiger partial charge in [0.25, 0.3) is 0 Å². The van der Waals surface area contributed by atoms with Crippen molar-refractivity contribution in [3.63, 3.8) is 0 Å². The lowest BCUT2D eigenvalue weighted by Gasteiger charge is -2.24. The summed E-state index contributed by atoms with van der Waals surface area (Å²) in [6.45, 7) is 4.16. The maximum absolute atomic E-state index is 5.99. The van der Waals surface area contributed by atoms with Crippen molar-refractivity contribution in [3.8, 4) is 11.3 Å². The summed E-state index contributed by atoms with van der Waals surface area (Å²) < 4.78 is 1.90. The average Bonchev–Trinajstić information content (AvgIpc) is 2.74. The Hall–Kier alpha value is -1.27. The van der Waals surface area contributed by atoms with E-state index in [1.807, 2.05) is 16.9 Å². The van der Waals surface area contributed by atoms with Crippen LogP contribution in [0, 0.1) is 0 Å². The van der Waals surface area contributed by atoms with Crippen LogP contribution >= 0.6 is 21.6 Å². The van der Waals surface area contributed by atoms with E-state index in [0.717, 1.165) is 22.8 Å². The topological polar surface area (TPSA) is 55.6 Å². The van der Waals surface area contributed by atoms with Crippen molar-refractivity contribution < 1.29 is 0 Å². The first kappa shape index (κ1) is 16.1. The van der Waals surface area contributed by atoms with Gasteiger partial charge in [0.15, 0.2) is 0 Å². The van der Waals surface area contributed by atoms with E-state index in [4.69, 9.17) is 11.6 Å². The van der Waals surface area contributed by atoms with E-state index in [0.29, 0.717) is 11.2 Å². The third-order valence-corrected chi connectivity index (χ3v) is 3.89. The first-order valence-corrected chi connectivity index (χ1v) is 10.1. The summed E-state index contributed by atoms with van der Waals surface area (Å²) in [6, 6.07) is 2.13. The van der Waals surface area contributed by atoms with E-state index < -0.39 is 10.0 Å². The van der Waals surface area contributed by atoms with Gasteiger partial charge in [0, 0.05) is 23.5 Å². The molecule has 2 aromatic rings. The van der Waals surface area contributed by atoms with E-state index in [9.17, 15) is 0 Å². The summed E-state index contributed by atoms with van der Waals surface area (Å²) in [6.07, 6.45) is 10.5. The van der Waals surface area contributed by atoms with Gasteiger partial charge < -0.3 is 5.32 Å². The molecule has 1 N–H and O–H groups in total. The zero-order chi connectivity index (χ0) is 15.6. The zero-order valence-corrected chi connectivity index (χ0v) is 14.7. The first-order valence-electron chi connectivity index (χ1n) is 6.73. The van der Waals surface area contributed by atoms with Gasteiger partial charge in [0.1, 0.15) is 10.8 Å². The quantitative estimate of drug-likeness (QED) is 0.854. The Labute approximate surface area is 132 Å². The van der Waals surface area contributed by atoms with Crippen LogP contribution in [-0.2, 0) is 5.88 Å². The van der Waals surface area contributed by atoms with Gasteiger partial charge in [-0.3, -0.25) is 0 Å². The molecule has 0 aliphatic heterocycles. The standard InChI is InChI=1S/C14H22ClN5S/c1-10(2)17-12-6-14(15)16-7-11(12)13-8-20(19-18-13)9-21(3,4)5/h6-8,10H,9H2,1-5H3,(H,16,17). The fourth-order valence-electron chi connectivity index (χ4n) is 1.95. The normalized spacial score (nSPS) is 12.7. The predicted molar refractivity (Wildman–Crippen MR) is 92.4 cm³/mol. The molecule has 0 aliphatic rings. The molecule has 0 aliphatic carbocycles. The van der Waals surface area contributed by atoms with Crippen LogP contribution in [0.15, 0.2) is 18.5 Å². The maximum Gasteiger partial charge on any atom is 0.131 e. The van der Waals surface area contributed by atoms with E-state index in [-0.39, 0.29) is 0 Å². The summed E-state index contributed by atoms with van der Waals surface area (Å²) in [5, 5.41) is 12.3. The highest BCUT2D eigenvalue weighted by molar-refractivity contribution is 8.31. The molecule has 0 fully saturated rings. The van der Waals surface area contributed by atoms with Crippen LogP contribution in [0.1, 0.15) is 13.8 Å². The average molecular weight is 328 g/mol. The molecule has 0 amide bonds. The molecule has 2 aromatic heterocycles. The molecule has 0 atom stereocenters. The number of rotatable bonds is 5. The largest absolute Gasteiger partial charge is 0.382 e. The molecule has 116 valence electrons. The lowest BCUT2D eigenvalue weighted by Crippen LogP contribution is -2.10. The lowest BCUT2D eigenvalue weighted by atomic mass is 10.1. The Balaban J connectivity index is 2.33. The lowest BCUT2D eigenvalue weighted by molar-refractivity contribution is 0.698. The molecule has 2 heterocycles. The second-order valence-electron chi connectivity index (χ2n) is 6.21. The summed E-state index contributed by atoms with van der Waals surface area (Å²) in [5.74, 6) is 0.897. The molecule has 0 saturated carbocycles. The predicted octanol–water partition coefficient (Wildman–Crippen LogP) is 3.47. The van der Waals surface area contributed by atoms with Crippen LogP contribution in [0.3, 0.4) is 0 Å². The van der Waals surface area contributed by atoms with Crippen LogP contribution in [-0.4, -0.2) is 44.8 Å². The van der Waals surface area contributed by atoms with Crippen molar-refractivity contribution in [3.05, 3.63) is 23.6 Å². The summed E-state index contributed by atoms with van der Waals surface area (Å²) in [5.41, 5.74) is 2.66. The van der Waals surface area contributed by atoms with E-state index in [1.165, 1.54) is 0 Å². The SMILES string of the molecule is CC(C)Nc1cc(Cl)ncc1-c1cn(CS(C)(C)C)nn1. The van der Waals surface area contributed by atoms with Crippen LogP contribution in [0.5, 0.6) is 0 Å². The Kier molecular flexibility index (Phi) is 4.78. The molecular weight excluding hydrogens is 306 g/mol. The Morgan fingerprint density at radius 2 is 2.05 bits per heavy atom. The number of halogens is 1. The third kappa shape index (κ3) is 4.61. The number of anilines is 1. The van der Waals surface area contributed by atoms with Gasteiger partial charge in [-0.25, -0.2) is 19.7 Å². The highest BCUT2D eigenvalue weighted by Gasteiger charge is 2.13. The minimum Gasteiger partial charge on any atom is -0.382 e. The van der Waals surface area contributed by atoms with E-state index in [1.54, 1.807) is 6.20 Å². The molecule has 7 heteroatoms. The van der Waals surface area contributed by atoms with Crippen molar-refractivity contribution in [1.29, 1.82) is 0 Å². The van der Waals surface area contributed by atoms with E-state index >= 15 is 0 Å². The van der Waals surface area contributed by atoms with Crippen LogP contribution in [0.2, 0.25) is 5.15 Å². The Bertz CT molecular complexity index is 618. The zero-order valence-electron chi connectivity index (χ0n) is 13.1. The summed E-state index contributed by atoms with van der Waals surface area (Å²) in [4.78, 5) is 4.16. The second kappa shape index (κ2) is 6.23. The van der Waals surface area contributed by atoms with Gasteiger partial charge >= 0.3 is 0 Å². The highest BCUT2D eigenvalue weighted by atomic mass is 35.5. The minimum absolute atomic E-state index is 0.302. The van der Waals surface area contributed by atoms with Crippen molar-refractivity contribution in [2.45, 2.75) is 25.8 Å². The molecule has 0 aromatic carbocycles. The smallest absolute Gasteiger partial charge is 0.131 e. The molecule has 21 heavy (non-hydrogen) atoms. The monoisotopic (exact) mass is 327 g/mol. The van der Waals surface area contributed by atoms with Crippen molar-refractivity contribution in [2.75, 3.05) is 24.1 Å². The molecular formula is C14H22ClN5S. The third-order valence-electron chi connectivity index (χ3n) is 2.65. The van der Waals surface area contributed by atoms with Crippen molar-refractivity contribution >= 4 is 27.3 Å². The maximum atomic E-state index is 5.99. The summed E-state index contributed by atoms with van der Waals surface area (Å²) in [7, 11) is -0.674. The van der Waals surface area contributed by atoms with E-state index in [2.05, 4.69) is 53.2 Å². The van der Waals surface area contributed by atoms with Gasteiger partial charge in [-0.05, 0) is 38.7 Å². The van der Waals surface area contributed by atoms with Gasteiger partial charge in [-0.2, -0.15) is 0 Å². The molecule has 2 rings (SSSR count). The van der Waals surface area contributed by atoms with Crippen molar-refractivity contribution in [1.82, 2.24) is 20.0 Å². The highest BCUT2D eigenvalue weighted by Crippen LogP contribution is 2.36. The molecule has 5 nitrogen and oxygen atoms in total. The Morgan fingerprint density at radius 3 is 2.67 bits per heavy atom. The summed E-state index contributed by atoms with van der Waals surface area (Å²) >= 11 is 5.99. The number of nitrogens with zero attached hydrogens (tertiary/aromatic N) is 4. The molecule has 0 bridgehead atoms. The fraction of sp³-hybridized carbons (Fsp3) is 0.500. The van der Waals surface area contributed by atoms with Crippen LogP contribution in [0.25, 0.3) is 11.3 Å². The van der Waals surface area contributed by atoms with Gasteiger partial charge in [-0.15, -0.1) is 5.10 Å². The number of pyridine rings is 1. The van der Waals surface area contributed by atoms with Gasteiger partial charge in [-0.1, -0.05) is 16.8 Å². The molecule has 0 unspecified atom stereocenters.